The summed E-state index contributed by atoms with van der Waals surface area (Å²) in [7, 11) is -2.42. The van der Waals surface area contributed by atoms with Crippen LogP contribution >= 0.6 is 11.6 Å². The first-order valence-electron chi connectivity index (χ1n) is 7.44. The Morgan fingerprint density at radius 1 is 1.16 bits per heavy atom. The van der Waals surface area contributed by atoms with E-state index >= 15 is 0 Å². The van der Waals surface area contributed by atoms with Gasteiger partial charge in [-0.2, -0.15) is 0 Å². The molecule has 140 valence electrons. The first-order chi connectivity index (χ1) is 11.5. The molecular formula is C15H22ClN3O5S. The highest BCUT2D eigenvalue weighted by Crippen LogP contribution is 2.20. The van der Waals surface area contributed by atoms with Crippen LogP contribution in [0.2, 0.25) is 5.02 Å². The number of rotatable bonds is 6. The number of sulfonamides is 1. The van der Waals surface area contributed by atoms with Gasteiger partial charge in [0.15, 0.2) is 0 Å². The third kappa shape index (κ3) is 6.89. The second-order valence-corrected chi connectivity index (χ2v) is 8.33. The molecule has 0 saturated heterocycles. The lowest BCUT2D eigenvalue weighted by Gasteiger charge is -2.19. The summed E-state index contributed by atoms with van der Waals surface area (Å²) in [6.45, 7) is 5.48. The molecule has 3 N–H and O–H groups in total. The zero-order valence-corrected chi connectivity index (χ0v) is 16.0. The second-order valence-electron chi connectivity index (χ2n) is 6.03. The van der Waals surface area contributed by atoms with Crippen LogP contribution in [0.3, 0.4) is 0 Å². The molecule has 10 heteroatoms. The number of amides is 2. The van der Waals surface area contributed by atoms with Crippen LogP contribution < -0.4 is 15.4 Å². The molecule has 1 rings (SSSR count). The standard InChI is InChI=1S/C15H22ClN3O5S/c1-15(2,3)24-14(21)19-8-7-18-13(20)11-9-10(5-6-12(11)16)25(22,23)17-4/h5-6,9,17H,7-8H2,1-4H3,(H,18,20)(H,19,21). The lowest BCUT2D eigenvalue weighted by Crippen LogP contribution is -2.38. The van der Waals surface area contributed by atoms with E-state index in [0.29, 0.717) is 0 Å². The summed E-state index contributed by atoms with van der Waals surface area (Å²) in [6, 6.07) is 3.82. The number of ether oxygens (including phenoxy) is 1. The molecular weight excluding hydrogens is 370 g/mol. The van der Waals surface area contributed by atoms with Crippen molar-refractivity contribution in [3.05, 3.63) is 28.8 Å². The molecule has 0 fully saturated rings. The molecule has 1 aromatic rings. The Morgan fingerprint density at radius 2 is 1.76 bits per heavy atom. The third-order valence-electron chi connectivity index (χ3n) is 2.84. The van der Waals surface area contributed by atoms with Gasteiger partial charge in [0.05, 0.1) is 15.5 Å². The van der Waals surface area contributed by atoms with Gasteiger partial charge in [0.2, 0.25) is 10.0 Å². The molecule has 0 atom stereocenters. The van der Waals surface area contributed by atoms with E-state index in [1.807, 2.05) is 0 Å². The Hall–Kier alpha value is -1.84. The minimum absolute atomic E-state index is 0.0234. The molecule has 0 unspecified atom stereocenters. The zero-order chi connectivity index (χ0) is 19.3. The Labute approximate surface area is 152 Å². The van der Waals surface area contributed by atoms with Crippen LogP contribution in [0.1, 0.15) is 31.1 Å². The van der Waals surface area contributed by atoms with Crippen molar-refractivity contribution in [3.8, 4) is 0 Å². The fraction of sp³-hybridized carbons (Fsp3) is 0.467. The zero-order valence-electron chi connectivity index (χ0n) is 14.5. The maximum absolute atomic E-state index is 12.2. The molecule has 0 aromatic heterocycles. The van der Waals surface area contributed by atoms with Gasteiger partial charge in [-0.15, -0.1) is 0 Å². The van der Waals surface area contributed by atoms with Crippen molar-refractivity contribution in [3.63, 3.8) is 0 Å². The van der Waals surface area contributed by atoms with Crippen molar-refractivity contribution in [1.82, 2.24) is 15.4 Å². The predicted molar refractivity (Wildman–Crippen MR) is 94.3 cm³/mol. The highest BCUT2D eigenvalue weighted by Gasteiger charge is 2.18. The van der Waals surface area contributed by atoms with Gasteiger partial charge >= 0.3 is 6.09 Å². The van der Waals surface area contributed by atoms with Crippen molar-refractivity contribution in [2.24, 2.45) is 0 Å². The average Bonchev–Trinajstić information content (AvgIpc) is 2.49. The van der Waals surface area contributed by atoms with Gasteiger partial charge < -0.3 is 15.4 Å². The maximum Gasteiger partial charge on any atom is 0.407 e. The molecule has 25 heavy (non-hydrogen) atoms. The van der Waals surface area contributed by atoms with Crippen molar-refractivity contribution in [2.45, 2.75) is 31.3 Å². The molecule has 2 amide bonds. The summed E-state index contributed by atoms with van der Waals surface area (Å²) < 4.78 is 30.8. The van der Waals surface area contributed by atoms with Gasteiger partial charge in [-0.1, -0.05) is 11.6 Å². The number of carbonyl (C=O) groups excluding carboxylic acids is 2. The van der Waals surface area contributed by atoms with Gasteiger partial charge in [0.1, 0.15) is 5.60 Å². The van der Waals surface area contributed by atoms with Crippen molar-refractivity contribution in [1.29, 1.82) is 0 Å². The Balaban J connectivity index is 2.64. The number of nitrogens with one attached hydrogen (secondary N) is 3. The van der Waals surface area contributed by atoms with Gasteiger partial charge in [-0.3, -0.25) is 4.79 Å². The van der Waals surface area contributed by atoms with E-state index in [0.717, 1.165) is 0 Å². The first-order valence-corrected chi connectivity index (χ1v) is 9.30. The molecule has 0 aliphatic carbocycles. The number of halogens is 1. The van der Waals surface area contributed by atoms with Crippen LogP contribution in [-0.2, 0) is 14.8 Å². The topological polar surface area (TPSA) is 114 Å². The van der Waals surface area contributed by atoms with E-state index in [1.54, 1.807) is 20.8 Å². The average molecular weight is 392 g/mol. The number of hydrogen-bond donors (Lipinski definition) is 3. The van der Waals surface area contributed by atoms with Crippen LogP contribution in [-0.4, -0.2) is 46.2 Å². The summed E-state index contributed by atoms with van der Waals surface area (Å²) in [5.74, 6) is -0.552. The van der Waals surface area contributed by atoms with Crippen LogP contribution in [0.5, 0.6) is 0 Å². The molecule has 0 spiro atoms. The maximum atomic E-state index is 12.2. The molecule has 0 bridgehead atoms. The Kier molecular flexibility index (Phi) is 7.21. The first kappa shape index (κ1) is 21.2. The minimum atomic E-state index is -3.69. The van der Waals surface area contributed by atoms with Crippen molar-refractivity contribution < 1.29 is 22.7 Å². The largest absolute Gasteiger partial charge is 0.444 e. The molecule has 0 saturated carbocycles. The number of benzene rings is 1. The Morgan fingerprint density at radius 3 is 2.32 bits per heavy atom. The van der Waals surface area contributed by atoms with E-state index in [2.05, 4.69) is 15.4 Å². The fourth-order valence-corrected chi connectivity index (χ4v) is 2.67. The van der Waals surface area contributed by atoms with E-state index in [1.165, 1.54) is 25.2 Å². The highest BCUT2D eigenvalue weighted by atomic mass is 35.5. The van der Waals surface area contributed by atoms with Crippen LogP contribution in [0.25, 0.3) is 0 Å². The SMILES string of the molecule is CNS(=O)(=O)c1ccc(Cl)c(C(=O)NCCNC(=O)OC(C)(C)C)c1. The monoisotopic (exact) mass is 391 g/mol. The van der Waals surface area contributed by atoms with Gasteiger partial charge in [0, 0.05) is 13.1 Å². The van der Waals surface area contributed by atoms with Crippen molar-refractivity contribution >= 4 is 33.6 Å². The molecule has 0 aliphatic heterocycles. The van der Waals surface area contributed by atoms with E-state index < -0.39 is 27.6 Å². The third-order valence-corrected chi connectivity index (χ3v) is 4.58. The lowest BCUT2D eigenvalue weighted by atomic mass is 10.2. The van der Waals surface area contributed by atoms with Gasteiger partial charge in [-0.25, -0.2) is 17.9 Å². The van der Waals surface area contributed by atoms with E-state index in [-0.39, 0.29) is 28.6 Å². The summed E-state index contributed by atoms with van der Waals surface area (Å²) in [5.41, 5.74) is -0.588. The van der Waals surface area contributed by atoms with Crippen LogP contribution in [0.4, 0.5) is 4.79 Å². The summed E-state index contributed by atoms with van der Waals surface area (Å²) in [5, 5.41) is 5.15. The summed E-state index contributed by atoms with van der Waals surface area (Å²) >= 11 is 5.95. The smallest absolute Gasteiger partial charge is 0.407 e. The molecule has 0 heterocycles. The van der Waals surface area contributed by atoms with Crippen molar-refractivity contribution in [2.75, 3.05) is 20.1 Å². The lowest BCUT2D eigenvalue weighted by molar-refractivity contribution is 0.0526. The normalized spacial score (nSPS) is 11.7. The minimum Gasteiger partial charge on any atom is -0.444 e. The number of alkyl carbamates (subject to hydrolysis) is 1. The van der Waals surface area contributed by atoms with Gasteiger partial charge in [0.25, 0.3) is 5.91 Å². The fourth-order valence-electron chi connectivity index (χ4n) is 1.71. The second kappa shape index (κ2) is 8.50. The molecule has 0 aliphatic rings. The summed E-state index contributed by atoms with van der Waals surface area (Å²) in [6.07, 6.45) is -0.595. The highest BCUT2D eigenvalue weighted by molar-refractivity contribution is 7.89. The van der Waals surface area contributed by atoms with E-state index in [4.69, 9.17) is 16.3 Å². The molecule has 0 radical (unpaired) electrons. The molecule has 8 nitrogen and oxygen atoms in total. The van der Waals surface area contributed by atoms with E-state index in [9.17, 15) is 18.0 Å². The predicted octanol–water partition coefficient (Wildman–Crippen LogP) is 1.50. The van der Waals surface area contributed by atoms with Crippen LogP contribution in [0, 0.1) is 0 Å². The molecule has 1 aromatic carbocycles. The number of carbonyl (C=O) groups is 2. The number of hydrogen-bond acceptors (Lipinski definition) is 5. The van der Waals surface area contributed by atoms with Gasteiger partial charge in [-0.05, 0) is 46.0 Å². The Bertz CT molecular complexity index is 744. The van der Waals surface area contributed by atoms with Crippen LogP contribution in [0.15, 0.2) is 23.1 Å². The quantitative estimate of drug-likeness (QED) is 0.636. The summed E-state index contributed by atoms with van der Waals surface area (Å²) in [4.78, 5) is 23.6.